The van der Waals surface area contributed by atoms with Gasteiger partial charge in [-0.05, 0) is 54.3 Å². The van der Waals surface area contributed by atoms with E-state index in [-0.39, 0.29) is 5.91 Å². The Kier molecular flexibility index (Phi) is 5.72. The molecule has 138 valence electrons. The minimum absolute atomic E-state index is 0.249. The van der Waals surface area contributed by atoms with Crippen LogP contribution >= 0.6 is 11.6 Å². The number of hydrogen-bond acceptors (Lipinski definition) is 4. The van der Waals surface area contributed by atoms with Crippen molar-refractivity contribution in [2.45, 2.75) is 26.7 Å². The first-order valence-electron chi connectivity index (χ1n) is 8.69. The second-order valence-electron chi connectivity index (χ2n) is 6.61. The monoisotopic (exact) mass is 380 g/mol. The lowest BCUT2D eigenvalue weighted by Gasteiger charge is -2.10. The molecule has 0 spiro atoms. The van der Waals surface area contributed by atoms with Crippen LogP contribution in [0.5, 0.6) is 0 Å². The van der Waals surface area contributed by atoms with E-state index < -0.39 is 0 Å². The van der Waals surface area contributed by atoms with Crippen molar-refractivity contribution in [1.82, 2.24) is 9.97 Å². The normalized spacial score (nSPS) is 10.7. The van der Waals surface area contributed by atoms with Gasteiger partial charge in [-0.25, -0.2) is 9.97 Å². The van der Waals surface area contributed by atoms with Gasteiger partial charge in [-0.1, -0.05) is 37.6 Å². The van der Waals surface area contributed by atoms with E-state index >= 15 is 0 Å². The van der Waals surface area contributed by atoms with E-state index in [4.69, 9.17) is 11.6 Å². The van der Waals surface area contributed by atoms with Crippen molar-refractivity contribution in [3.8, 4) is 0 Å². The first-order chi connectivity index (χ1) is 12.9. The van der Waals surface area contributed by atoms with Gasteiger partial charge >= 0.3 is 0 Å². The Morgan fingerprint density at radius 2 is 1.70 bits per heavy atom. The standard InChI is InChI=1S/C21H21ClN4O/c1-13(2)15-4-7-18(8-5-15)25-20(27)16-11-23-21(24-12-16)26-19-9-6-17(22)10-14(19)3/h4-13H,1-3H3,(H,25,27)(H,23,24,26). The van der Waals surface area contributed by atoms with Crippen LogP contribution in [0.3, 0.4) is 0 Å². The first kappa shape index (κ1) is 18.9. The number of carbonyl (C=O) groups excluding carboxylic acids is 1. The minimum atomic E-state index is -0.249. The van der Waals surface area contributed by atoms with Gasteiger partial charge in [0.05, 0.1) is 5.56 Å². The molecule has 0 fully saturated rings. The van der Waals surface area contributed by atoms with Gasteiger partial charge < -0.3 is 10.6 Å². The number of anilines is 3. The summed E-state index contributed by atoms with van der Waals surface area (Å²) < 4.78 is 0. The van der Waals surface area contributed by atoms with Gasteiger partial charge in [0.2, 0.25) is 5.95 Å². The van der Waals surface area contributed by atoms with Crippen molar-refractivity contribution in [1.29, 1.82) is 0 Å². The lowest BCUT2D eigenvalue weighted by molar-refractivity contribution is 0.102. The lowest BCUT2D eigenvalue weighted by atomic mass is 10.0. The van der Waals surface area contributed by atoms with Crippen molar-refractivity contribution in [2.75, 3.05) is 10.6 Å². The van der Waals surface area contributed by atoms with E-state index in [1.165, 1.54) is 18.0 Å². The second kappa shape index (κ2) is 8.18. The molecule has 0 unspecified atom stereocenters. The van der Waals surface area contributed by atoms with E-state index in [9.17, 15) is 4.79 Å². The molecule has 0 radical (unpaired) electrons. The third kappa shape index (κ3) is 4.83. The average molecular weight is 381 g/mol. The zero-order chi connectivity index (χ0) is 19.4. The number of aromatic nitrogens is 2. The highest BCUT2D eigenvalue weighted by atomic mass is 35.5. The van der Waals surface area contributed by atoms with E-state index in [0.29, 0.717) is 22.5 Å². The fourth-order valence-electron chi connectivity index (χ4n) is 2.55. The van der Waals surface area contributed by atoms with Crippen LogP contribution < -0.4 is 10.6 Å². The van der Waals surface area contributed by atoms with Crippen molar-refractivity contribution >= 4 is 34.8 Å². The van der Waals surface area contributed by atoms with Crippen molar-refractivity contribution in [3.63, 3.8) is 0 Å². The summed E-state index contributed by atoms with van der Waals surface area (Å²) in [7, 11) is 0. The fraction of sp³-hybridized carbons (Fsp3) is 0.190. The molecule has 1 aromatic heterocycles. The Balaban J connectivity index is 1.66. The maximum Gasteiger partial charge on any atom is 0.258 e. The van der Waals surface area contributed by atoms with Crippen molar-refractivity contribution < 1.29 is 4.79 Å². The van der Waals surface area contributed by atoms with E-state index in [1.807, 2.05) is 43.3 Å². The van der Waals surface area contributed by atoms with Crippen LogP contribution in [0.1, 0.15) is 41.3 Å². The molecule has 3 rings (SSSR count). The molecule has 2 N–H and O–H groups in total. The maximum atomic E-state index is 12.4. The number of nitrogens with one attached hydrogen (secondary N) is 2. The molecular weight excluding hydrogens is 360 g/mol. The molecular formula is C21H21ClN4O. The molecule has 27 heavy (non-hydrogen) atoms. The first-order valence-corrected chi connectivity index (χ1v) is 9.06. The van der Waals surface area contributed by atoms with Crippen molar-refractivity contribution in [3.05, 3.63) is 76.6 Å². The van der Waals surface area contributed by atoms with E-state index in [0.717, 1.165) is 16.9 Å². The van der Waals surface area contributed by atoms with Gasteiger partial charge in [0.1, 0.15) is 0 Å². The smallest absolute Gasteiger partial charge is 0.258 e. The van der Waals surface area contributed by atoms with Gasteiger partial charge in [-0.3, -0.25) is 4.79 Å². The van der Waals surface area contributed by atoms with Crippen LogP contribution in [-0.2, 0) is 0 Å². The lowest BCUT2D eigenvalue weighted by Crippen LogP contribution is -2.13. The molecule has 2 aromatic carbocycles. The van der Waals surface area contributed by atoms with Crippen LogP contribution in [0.25, 0.3) is 0 Å². The highest BCUT2D eigenvalue weighted by Crippen LogP contribution is 2.22. The Bertz CT molecular complexity index is 937. The topological polar surface area (TPSA) is 66.9 Å². The minimum Gasteiger partial charge on any atom is -0.324 e. The Labute approximate surface area is 163 Å². The van der Waals surface area contributed by atoms with Crippen LogP contribution in [0, 0.1) is 6.92 Å². The molecule has 6 heteroatoms. The summed E-state index contributed by atoms with van der Waals surface area (Å²) in [5.41, 5.74) is 4.20. The summed E-state index contributed by atoms with van der Waals surface area (Å²) >= 11 is 5.96. The number of benzene rings is 2. The van der Waals surface area contributed by atoms with Gasteiger partial charge in [-0.15, -0.1) is 0 Å². The molecule has 0 aliphatic heterocycles. The predicted octanol–water partition coefficient (Wildman–Crippen LogP) is 5.56. The summed E-state index contributed by atoms with van der Waals surface area (Å²) in [5, 5.41) is 6.65. The molecule has 0 aliphatic rings. The molecule has 0 atom stereocenters. The van der Waals surface area contributed by atoms with Crippen LogP contribution in [0.2, 0.25) is 5.02 Å². The van der Waals surface area contributed by atoms with Gasteiger partial charge in [-0.2, -0.15) is 0 Å². The summed E-state index contributed by atoms with van der Waals surface area (Å²) in [4.78, 5) is 20.8. The Hall–Kier alpha value is -2.92. The molecule has 5 nitrogen and oxygen atoms in total. The average Bonchev–Trinajstić information content (AvgIpc) is 2.65. The van der Waals surface area contributed by atoms with Crippen LogP contribution in [0.4, 0.5) is 17.3 Å². The molecule has 0 saturated carbocycles. The molecule has 3 aromatic rings. The number of aryl methyl sites for hydroxylation is 1. The van der Waals surface area contributed by atoms with E-state index in [2.05, 4.69) is 34.4 Å². The molecule has 0 bridgehead atoms. The second-order valence-corrected chi connectivity index (χ2v) is 7.05. The summed E-state index contributed by atoms with van der Waals surface area (Å²) in [6.45, 7) is 6.21. The van der Waals surface area contributed by atoms with Gasteiger partial charge in [0.15, 0.2) is 0 Å². The molecule has 0 aliphatic carbocycles. The Morgan fingerprint density at radius 1 is 1.04 bits per heavy atom. The number of rotatable bonds is 5. The quantitative estimate of drug-likeness (QED) is 0.608. The largest absolute Gasteiger partial charge is 0.324 e. The molecule has 1 amide bonds. The SMILES string of the molecule is Cc1cc(Cl)ccc1Nc1ncc(C(=O)Nc2ccc(C(C)C)cc2)cn1. The highest BCUT2D eigenvalue weighted by Gasteiger charge is 2.09. The number of nitrogens with zero attached hydrogens (tertiary/aromatic N) is 2. The van der Waals surface area contributed by atoms with Crippen molar-refractivity contribution in [2.24, 2.45) is 0 Å². The summed E-state index contributed by atoms with van der Waals surface area (Å²) in [6.07, 6.45) is 3.00. The zero-order valence-electron chi connectivity index (χ0n) is 15.5. The Morgan fingerprint density at radius 3 is 2.30 bits per heavy atom. The predicted molar refractivity (Wildman–Crippen MR) is 110 cm³/mol. The fourth-order valence-corrected chi connectivity index (χ4v) is 2.78. The number of halogens is 1. The molecule has 0 saturated heterocycles. The van der Waals surface area contributed by atoms with Gasteiger partial charge in [0, 0.05) is 28.8 Å². The third-order valence-electron chi connectivity index (χ3n) is 4.18. The number of amides is 1. The highest BCUT2D eigenvalue weighted by molar-refractivity contribution is 6.30. The molecule has 1 heterocycles. The summed E-state index contributed by atoms with van der Waals surface area (Å²) in [6, 6.07) is 13.3. The maximum absolute atomic E-state index is 12.4. The van der Waals surface area contributed by atoms with E-state index in [1.54, 1.807) is 6.07 Å². The van der Waals surface area contributed by atoms with Crippen LogP contribution in [0.15, 0.2) is 54.9 Å². The number of carbonyl (C=O) groups is 1. The summed E-state index contributed by atoms with van der Waals surface area (Å²) in [5.74, 6) is 0.618. The van der Waals surface area contributed by atoms with Crippen LogP contribution in [-0.4, -0.2) is 15.9 Å². The zero-order valence-corrected chi connectivity index (χ0v) is 16.2. The number of hydrogen-bond donors (Lipinski definition) is 2. The van der Waals surface area contributed by atoms with Gasteiger partial charge in [0.25, 0.3) is 5.91 Å². The third-order valence-corrected chi connectivity index (χ3v) is 4.42.